The fourth-order valence-corrected chi connectivity index (χ4v) is 3.15. The van der Waals surface area contributed by atoms with Gasteiger partial charge in [0.1, 0.15) is 5.76 Å². The van der Waals surface area contributed by atoms with E-state index in [0.29, 0.717) is 48.2 Å². The molecule has 0 spiro atoms. The third kappa shape index (κ3) is 5.22. The summed E-state index contributed by atoms with van der Waals surface area (Å²) in [6.07, 6.45) is 2.72. The quantitative estimate of drug-likeness (QED) is 0.331. The van der Waals surface area contributed by atoms with Crippen LogP contribution >= 0.6 is 11.6 Å². The Labute approximate surface area is 146 Å². The van der Waals surface area contributed by atoms with E-state index in [4.69, 9.17) is 25.3 Å². The summed E-state index contributed by atoms with van der Waals surface area (Å²) in [6, 6.07) is 5.34. The number of aromatic nitrogens is 1. The van der Waals surface area contributed by atoms with Crippen LogP contribution in [-0.4, -0.2) is 25.3 Å². The molecule has 0 aliphatic rings. The number of fused-ring (bicyclic) bond motifs is 1. The summed E-state index contributed by atoms with van der Waals surface area (Å²) in [4.78, 5) is 0. The highest BCUT2D eigenvalue weighted by Gasteiger charge is 2.21. The van der Waals surface area contributed by atoms with Crippen molar-refractivity contribution in [2.45, 2.75) is 33.2 Å². The molecule has 2 aromatic rings. The predicted molar refractivity (Wildman–Crippen MR) is 92.3 cm³/mol. The summed E-state index contributed by atoms with van der Waals surface area (Å²) >= 11 is 6.07. The summed E-state index contributed by atoms with van der Waals surface area (Å²) in [5.74, 6) is 1.06. The largest absolute Gasteiger partial charge is 0.498 e. The molecule has 0 aliphatic heterocycles. The van der Waals surface area contributed by atoms with Crippen molar-refractivity contribution >= 4 is 38.9 Å². The highest BCUT2D eigenvalue weighted by atomic mass is 35.5. The molecule has 132 valence electrons. The number of aryl methyl sites for hydroxylation is 1. The van der Waals surface area contributed by atoms with Crippen molar-refractivity contribution in [1.29, 1.82) is 0 Å². The Morgan fingerprint density at radius 3 is 2.83 bits per heavy atom. The number of allylic oxidation sites excluding steroid dienone is 1. The van der Waals surface area contributed by atoms with Crippen molar-refractivity contribution in [2.24, 2.45) is 0 Å². The first-order valence-electron chi connectivity index (χ1n) is 7.68. The number of oxazole rings is 1. The molecule has 1 aromatic carbocycles. The van der Waals surface area contributed by atoms with Gasteiger partial charge >= 0.3 is 5.89 Å². The maximum absolute atomic E-state index is 10.8. The second kappa shape index (κ2) is 8.00. The van der Waals surface area contributed by atoms with Gasteiger partial charge < -0.3 is 9.15 Å². The number of benzene rings is 1. The molecule has 2 rings (SSSR count). The summed E-state index contributed by atoms with van der Waals surface area (Å²) in [7, 11) is -3.94. The Balaban J connectivity index is 2.29. The standard InChI is InChI=1S/C16H20ClNO5S/c1-3-22-12(2)10-16-18(8-4-5-9-24(19,20)21)14-11-13(17)6-7-15(14)23-16/h6-7,10-11H,3-5,8-9H2,1-2H3/p+1. The average molecular weight is 375 g/mol. The van der Waals surface area contributed by atoms with Gasteiger partial charge in [-0.05, 0) is 32.4 Å². The molecule has 1 N–H and O–H groups in total. The first-order chi connectivity index (χ1) is 11.3. The zero-order chi connectivity index (χ0) is 17.7. The number of hydrogen-bond acceptors (Lipinski definition) is 4. The van der Waals surface area contributed by atoms with E-state index in [1.165, 1.54) is 0 Å². The predicted octanol–water partition coefficient (Wildman–Crippen LogP) is 3.44. The fraction of sp³-hybridized carbons (Fsp3) is 0.438. The van der Waals surface area contributed by atoms with Gasteiger partial charge in [-0.2, -0.15) is 13.0 Å². The molecule has 0 amide bonds. The molecule has 0 saturated carbocycles. The van der Waals surface area contributed by atoms with Crippen LogP contribution in [0.3, 0.4) is 0 Å². The summed E-state index contributed by atoms with van der Waals surface area (Å²) in [6.45, 7) is 4.84. The molecule has 0 saturated heterocycles. The SMILES string of the molecule is CCOC(C)=Cc1oc2ccc(Cl)cc2[n+]1CCCCS(=O)(=O)O. The maximum Gasteiger partial charge on any atom is 0.377 e. The number of hydrogen-bond donors (Lipinski definition) is 1. The Morgan fingerprint density at radius 1 is 1.42 bits per heavy atom. The molecule has 0 aliphatic carbocycles. The van der Waals surface area contributed by atoms with E-state index in [-0.39, 0.29) is 5.75 Å². The van der Waals surface area contributed by atoms with E-state index in [2.05, 4.69) is 0 Å². The van der Waals surface area contributed by atoms with Crippen LogP contribution < -0.4 is 4.57 Å². The normalized spacial score (nSPS) is 12.8. The lowest BCUT2D eigenvalue weighted by Gasteiger charge is -2.00. The van der Waals surface area contributed by atoms with E-state index in [1.807, 2.05) is 18.4 Å². The molecule has 0 atom stereocenters. The van der Waals surface area contributed by atoms with Crippen molar-refractivity contribution in [2.75, 3.05) is 12.4 Å². The molecule has 0 fully saturated rings. The second-order valence-electron chi connectivity index (χ2n) is 5.39. The van der Waals surface area contributed by atoms with E-state index in [9.17, 15) is 8.42 Å². The molecule has 0 bridgehead atoms. The molecule has 0 unspecified atom stereocenters. The van der Waals surface area contributed by atoms with Crippen LogP contribution in [0.4, 0.5) is 0 Å². The van der Waals surface area contributed by atoms with E-state index < -0.39 is 10.1 Å². The maximum atomic E-state index is 10.8. The molecule has 1 aromatic heterocycles. The van der Waals surface area contributed by atoms with Gasteiger partial charge in [0.2, 0.25) is 5.58 Å². The zero-order valence-corrected chi connectivity index (χ0v) is 15.2. The summed E-state index contributed by atoms with van der Waals surface area (Å²) in [5, 5.41) is 0.590. The third-order valence-electron chi connectivity index (χ3n) is 3.43. The Morgan fingerprint density at radius 2 is 2.17 bits per heavy atom. The lowest BCUT2D eigenvalue weighted by Crippen LogP contribution is -2.35. The molecule has 1 heterocycles. The van der Waals surface area contributed by atoms with Crippen molar-refractivity contribution < 1.29 is 26.7 Å². The lowest BCUT2D eigenvalue weighted by atomic mass is 10.3. The van der Waals surface area contributed by atoms with Crippen molar-refractivity contribution in [3.63, 3.8) is 0 Å². The smallest absolute Gasteiger partial charge is 0.377 e. The van der Waals surface area contributed by atoms with Crippen LogP contribution in [0, 0.1) is 0 Å². The van der Waals surface area contributed by atoms with Gasteiger partial charge in [-0.3, -0.25) is 4.55 Å². The van der Waals surface area contributed by atoms with Crippen molar-refractivity contribution in [3.05, 3.63) is 34.9 Å². The minimum absolute atomic E-state index is 0.257. The number of halogens is 1. The zero-order valence-electron chi connectivity index (χ0n) is 13.7. The number of nitrogens with zero attached hydrogens (tertiary/aromatic N) is 1. The molecule has 0 radical (unpaired) electrons. The van der Waals surface area contributed by atoms with Crippen LogP contribution in [0.1, 0.15) is 32.6 Å². The van der Waals surface area contributed by atoms with Gasteiger partial charge in [0.25, 0.3) is 15.6 Å². The fourth-order valence-electron chi connectivity index (χ4n) is 2.41. The first-order valence-corrected chi connectivity index (χ1v) is 9.67. The molecule has 6 nitrogen and oxygen atoms in total. The van der Waals surface area contributed by atoms with Gasteiger partial charge in [-0.25, -0.2) is 0 Å². The van der Waals surface area contributed by atoms with Crippen LogP contribution in [0.2, 0.25) is 5.02 Å². The Kier molecular flexibility index (Phi) is 6.26. The molecular formula is C16H21ClNO5S+. The van der Waals surface area contributed by atoms with Gasteiger partial charge in [0.15, 0.2) is 6.54 Å². The lowest BCUT2D eigenvalue weighted by molar-refractivity contribution is -0.678. The summed E-state index contributed by atoms with van der Waals surface area (Å²) < 4.78 is 43.7. The van der Waals surface area contributed by atoms with Crippen molar-refractivity contribution in [1.82, 2.24) is 0 Å². The topological polar surface area (TPSA) is 80.6 Å². The van der Waals surface area contributed by atoms with Gasteiger partial charge in [0, 0.05) is 17.5 Å². The second-order valence-corrected chi connectivity index (χ2v) is 7.39. The van der Waals surface area contributed by atoms with Gasteiger partial charge in [-0.15, -0.1) is 0 Å². The number of unbranched alkanes of at least 4 members (excludes halogenated alkanes) is 1. The third-order valence-corrected chi connectivity index (χ3v) is 4.46. The van der Waals surface area contributed by atoms with Crippen LogP contribution in [0.5, 0.6) is 0 Å². The van der Waals surface area contributed by atoms with Crippen LogP contribution in [0.25, 0.3) is 17.2 Å². The highest BCUT2D eigenvalue weighted by Crippen LogP contribution is 2.20. The highest BCUT2D eigenvalue weighted by molar-refractivity contribution is 7.85. The van der Waals surface area contributed by atoms with Crippen molar-refractivity contribution in [3.8, 4) is 0 Å². The number of rotatable bonds is 8. The first kappa shape index (κ1) is 18.8. The van der Waals surface area contributed by atoms with E-state index in [0.717, 1.165) is 5.52 Å². The summed E-state index contributed by atoms with van der Waals surface area (Å²) in [5.41, 5.74) is 1.51. The van der Waals surface area contributed by atoms with Crippen LogP contribution in [0.15, 0.2) is 28.4 Å². The van der Waals surface area contributed by atoms with Gasteiger partial charge in [0.05, 0.1) is 18.4 Å². The average Bonchev–Trinajstić information content (AvgIpc) is 2.79. The van der Waals surface area contributed by atoms with Gasteiger partial charge in [-0.1, -0.05) is 11.6 Å². The monoisotopic (exact) mass is 374 g/mol. The molecule has 24 heavy (non-hydrogen) atoms. The van der Waals surface area contributed by atoms with Crippen LogP contribution in [-0.2, 0) is 21.4 Å². The minimum Gasteiger partial charge on any atom is -0.498 e. The molecular weight excluding hydrogens is 354 g/mol. The minimum atomic E-state index is -3.94. The molecule has 8 heteroatoms. The van der Waals surface area contributed by atoms with E-state index in [1.54, 1.807) is 24.3 Å². The Hall–Kier alpha value is -1.57. The number of ether oxygens (including phenoxy) is 1. The Bertz CT molecular complexity index is 842. The van der Waals surface area contributed by atoms with E-state index >= 15 is 0 Å².